The molecular weight excluding hydrogens is 278 g/mol. The number of carbonyl (C=O) groups excluding carboxylic acids is 1. The summed E-state index contributed by atoms with van der Waals surface area (Å²) < 4.78 is 0.685. The fourth-order valence-electron chi connectivity index (χ4n) is 1.00. The van der Waals surface area contributed by atoms with Crippen molar-refractivity contribution in [2.45, 2.75) is 0 Å². The summed E-state index contributed by atoms with van der Waals surface area (Å²) in [6, 6.07) is 3.46. The topological polar surface area (TPSA) is 54.9 Å². The zero-order chi connectivity index (χ0) is 10.7. The quantitative estimate of drug-likeness (QED) is 0.862. The molecule has 2 rings (SSSR count). The van der Waals surface area contributed by atoms with Gasteiger partial charge >= 0.3 is 0 Å². The zero-order valence-electron chi connectivity index (χ0n) is 7.48. The third-order valence-corrected chi connectivity index (χ3v) is 2.85. The minimum absolute atomic E-state index is 0.157. The van der Waals surface area contributed by atoms with Crippen LogP contribution in [0.15, 0.2) is 34.6 Å². The molecule has 4 nitrogen and oxygen atoms in total. The third kappa shape index (κ3) is 2.60. The molecule has 0 fully saturated rings. The molecule has 0 radical (unpaired) electrons. The first-order valence-corrected chi connectivity index (χ1v) is 5.74. The molecule has 1 amide bonds. The molecule has 2 aromatic heterocycles. The highest BCUT2D eigenvalue weighted by molar-refractivity contribution is 9.10. The van der Waals surface area contributed by atoms with Gasteiger partial charge < -0.3 is 5.32 Å². The second kappa shape index (κ2) is 4.50. The number of nitrogens with one attached hydrogen (secondary N) is 1. The smallest absolute Gasteiger partial charge is 0.267 e. The van der Waals surface area contributed by atoms with Crippen LogP contribution in [0.2, 0.25) is 0 Å². The van der Waals surface area contributed by atoms with Gasteiger partial charge in [0.05, 0.1) is 11.7 Å². The SMILES string of the molecule is O=C(Nc1ccnc(Br)c1)c1cncs1. The van der Waals surface area contributed by atoms with Crippen LogP contribution in [0.1, 0.15) is 9.67 Å². The van der Waals surface area contributed by atoms with Crippen LogP contribution in [0.5, 0.6) is 0 Å². The van der Waals surface area contributed by atoms with Crippen LogP contribution in [0, 0.1) is 0 Å². The number of aromatic nitrogens is 2. The maximum absolute atomic E-state index is 11.6. The number of pyridine rings is 1. The molecule has 0 bridgehead atoms. The van der Waals surface area contributed by atoms with Crippen LogP contribution < -0.4 is 5.32 Å². The summed E-state index contributed by atoms with van der Waals surface area (Å²) in [4.78, 5) is 20.0. The lowest BCUT2D eigenvalue weighted by Gasteiger charge is -2.02. The molecule has 0 saturated carbocycles. The van der Waals surface area contributed by atoms with Gasteiger partial charge in [0.2, 0.25) is 0 Å². The van der Waals surface area contributed by atoms with Crippen LogP contribution in [-0.4, -0.2) is 15.9 Å². The van der Waals surface area contributed by atoms with E-state index in [1.54, 1.807) is 23.8 Å². The Bertz CT molecular complexity index is 472. The van der Waals surface area contributed by atoms with Crippen LogP contribution in [0.4, 0.5) is 5.69 Å². The number of halogens is 1. The maximum atomic E-state index is 11.6. The first-order valence-electron chi connectivity index (χ1n) is 4.07. The van der Waals surface area contributed by atoms with Gasteiger partial charge in [-0.1, -0.05) is 0 Å². The van der Waals surface area contributed by atoms with Crippen LogP contribution >= 0.6 is 27.3 Å². The van der Waals surface area contributed by atoms with E-state index in [-0.39, 0.29) is 5.91 Å². The highest BCUT2D eigenvalue weighted by Crippen LogP contribution is 2.14. The Kier molecular flexibility index (Phi) is 3.08. The van der Waals surface area contributed by atoms with Crippen LogP contribution in [-0.2, 0) is 0 Å². The molecule has 0 saturated heterocycles. The van der Waals surface area contributed by atoms with Crippen molar-refractivity contribution in [3.63, 3.8) is 0 Å². The molecule has 0 aromatic carbocycles. The number of nitrogens with zero attached hydrogens (tertiary/aromatic N) is 2. The van der Waals surface area contributed by atoms with E-state index in [1.807, 2.05) is 0 Å². The Morgan fingerprint density at radius 3 is 3.07 bits per heavy atom. The van der Waals surface area contributed by atoms with E-state index in [2.05, 4.69) is 31.2 Å². The molecule has 6 heteroatoms. The van der Waals surface area contributed by atoms with Gasteiger partial charge in [-0.15, -0.1) is 11.3 Å². The Hall–Kier alpha value is -1.27. The predicted molar refractivity (Wildman–Crippen MR) is 62.0 cm³/mol. The molecule has 0 atom stereocenters. The van der Waals surface area contributed by atoms with Crippen LogP contribution in [0.25, 0.3) is 0 Å². The first kappa shape index (κ1) is 10.3. The van der Waals surface area contributed by atoms with Crippen molar-refractivity contribution in [1.29, 1.82) is 0 Å². The normalized spacial score (nSPS) is 9.93. The largest absolute Gasteiger partial charge is 0.321 e. The average molecular weight is 284 g/mol. The van der Waals surface area contributed by atoms with Gasteiger partial charge in [0, 0.05) is 11.9 Å². The number of carbonyl (C=O) groups is 1. The summed E-state index contributed by atoms with van der Waals surface area (Å²) in [5.74, 6) is -0.157. The van der Waals surface area contributed by atoms with Gasteiger partial charge in [-0.2, -0.15) is 0 Å². The molecule has 0 aliphatic heterocycles. The molecule has 0 aliphatic rings. The van der Waals surface area contributed by atoms with E-state index in [0.29, 0.717) is 15.2 Å². The Morgan fingerprint density at radius 2 is 2.40 bits per heavy atom. The van der Waals surface area contributed by atoms with Gasteiger partial charge in [-0.05, 0) is 28.1 Å². The Morgan fingerprint density at radius 1 is 1.53 bits per heavy atom. The van der Waals surface area contributed by atoms with Crippen molar-refractivity contribution in [3.8, 4) is 0 Å². The van der Waals surface area contributed by atoms with Gasteiger partial charge in [-0.3, -0.25) is 9.78 Å². The van der Waals surface area contributed by atoms with E-state index < -0.39 is 0 Å². The fraction of sp³-hybridized carbons (Fsp3) is 0. The molecule has 0 aliphatic carbocycles. The molecule has 0 spiro atoms. The number of hydrogen-bond donors (Lipinski definition) is 1. The Balaban J connectivity index is 2.13. The van der Waals surface area contributed by atoms with Gasteiger partial charge in [0.25, 0.3) is 5.91 Å². The fourth-order valence-corrected chi connectivity index (χ4v) is 1.88. The lowest BCUT2D eigenvalue weighted by atomic mass is 10.4. The first-order chi connectivity index (χ1) is 7.25. The lowest BCUT2D eigenvalue weighted by molar-refractivity contribution is 0.103. The minimum Gasteiger partial charge on any atom is -0.321 e. The summed E-state index contributed by atoms with van der Waals surface area (Å²) in [6.07, 6.45) is 3.16. The average Bonchev–Trinajstić information content (AvgIpc) is 2.70. The van der Waals surface area contributed by atoms with Crippen molar-refractivity contribution < 1.29 is 4.79 Å². The predicted octanol–water partition coefficient (Wildman–Crippen LogP) is 2.55. The van der Waals surface area contributed by atoms with Crippen LogP contribution in [0.3, 0.4) is 0 Å². The van der Waals surface area contributed by atoms with E-state index in [1.165, 1.54) is 17.5 Å². The number of thiazole rings is 1. The monoisotopic (exact) mass is 283 g/mol. The highest BCUT2D eigenvalue weighted by atomic mass is 79.9. The molecule has 76 valence electrons. The van der Waals surface area contributed by atoms with E-state index >= 15 is 0 Å². The van der Waals surface area contributed by atoms with E-state index in [9.17, 15) is 4.79 Å². The maximum Gasteiger partial charge on any atom is 0.267 e. The minimum atomic E-state index is -0.157. The molecule has 0 unspecified atom stereocenters. The summed E-state index contributed by atoms with van der Waals surface area (Å²) in [5.41, 5.74) is 2.33. The molecular formula is C9H6BrN3OS. The van der Waals surface area contributed by atoms with Crippen molar-refractivity contribution in [2.75, 3.05) is 5.32 Å². The van der Waals surface area contributed by atoms with Crippen molar-refractivity contribution in [1.82, 2.24) is 9.97 Å². The van der Waals surface area contributed by atoms with Crippen molar-refractivity contribution in [3.05, 3.63) is 39.5 Å². The van der Waals surface area contributed by atoms with E-state index in [4.69, 9.17) is 0 Å². The number of hydrogen-bond acceptors (Lipinski definition) is 4. The second-order valence-electron chi connectivity index (χ2n) is 2.69. The summed E-state index contributed by atoms with van der Waals surface area (Å²) >= 11 is 4.53. The molecule has 2 aromatic rings. The second-order valence-corrected chi connectivity index (χ2v) is 4.39. The van der Waals surface area contributed by atoms with Gasteiger partial charge in [0.15, 0.2) is 0 Å². The molecule has 1 N–H and O–H groups in total. The Labute approximate surface area is 98.5 Å². The number of anilines is 1. The van der Waals surface area contributed by atoms with E-state index in [0.717, 1.165) is 0 Å². The molecule has 15 heavy (non-hydrogen) atoms. The zero-order valence-corrected chi connectivity index (χ0v) is 9.88. The third-order valence-electron chi connectivity index (χ3n) is 1.64. The summed E-state index contributed by atoms with van der Waals surface area (Å²) in [6.45, 7) is 0. The molecule has 2 heterocycles. The number of rotatable bonds is 2. The van der Waals surface area contributed by atoms with Crippen molar-refractivity contribution in [2.24, 2.45) is 0 Å². The highest BCUT2D eigenvalue weighted by Gasteiger charge is 2.07. The van der Waals surface area contributed by atoms with Crippen molar-refractivity contribution >= 4 is 38.9 Å². The van der Waals surface area contributed by atoms with Gasteiger partial charge in [0.1, 0.15) is 9.48 Å². The summed E-state index contributed by atoms with van der Waals surface area (Å²) in [5, 5.41) is 2.75. The standard InChI is InChI=1S/C9H6BrN3OS/c10-8-3-6(1-2-12-8)13-9(14)7-4-11-5-15-7/h1-5H,(H,12,13,14). The summed E-state index contributed by atoms with van der Waals surface area (Å²) in [7, 11) is 0. The van der Waals surface area contributed by atoms with Gasteiger partial charge in [-0.25, -0.2) is 4.98 Å². The number of amides is 1. The lowest BCUT2D eigenvalue weighted by Crippen LogP contribution is -2.10.